The third kappa shape index (κ3) is 4.72. The fourth-order valence-electron chi connectivity index (χ4n) is 2.10. The number of alkyl halides is 2. The lowest BCUT2D eigenvalue weighted by atomic mass is 10.2. The molecular weight excluding hydrogens is 410 g/mol. The van der Waals surface area contributed by atoms with Gasteiger partial charge in [-0.15, -0.1) is 0 Å². The van der Waals surface area contributed by atoms with Gasteiger partial charge in [0.15, 0.2) is 5.82 Å². The van der Waals surface area contributed by atoms with Gasteiger partial charge in [0, 0.05) is 12.6 Å². The Morgan fingerprint density at radius 2 is 2.04 bits per heavy atom. The first-order chi connectivity index (χ1) is 12.6. The average molecular weight is 424 g/mol. The highest BCUT2D eigenvalue weighted by Crippen LogP contribution is 2.36. The first-order valence-corrected chi connectivity index (χ1v) is 8.30. The van der Waals surface area contributed by atoms with Gasteiger partial charge < -0.3 is 9.47 Å². The summed E-state index contributed by atoms with van der Waals surface area (Å²) in [6, 6.07) is 0.951. The zero-order valence-electron chi connectivity index (χ0n) is 14.4. The van der Waals surface area contributed by atoms with E-state index in [1.165, 1.54) is 20.0 Å². The van der Waals surface area contributed by atoms with Gasteiger partial charge in [0.05, 0.1) is 17.3 Å². The summed E-state index contributed by atoms with van der Waals surface area (Å²) in [7, 11) is 1.30. The molecule has 0 aliphatic heterocycles. The first kappa shape index (κ1) is 21.0. The number of carbonyl (C=O) groups is 1. The number of halogens is 5. The van der Waals surface area contributed by atoms with Crippen LogP contribution in [0.3, 0.4) is 0 Å². The maximum Gasteiger partial charge on any atom is 0.388 e. The minimum Gasteiger partial charge on any atom is -0.463 e. The summed E-state index contributed by atoms with van der Waals surface area (Å²) in [5.74, 6) is -1.92. The van der Waals surface area contributed by atoms with Gasteiger partial charge >= 0.3 is 12.6 Å². The normalized spacial score (nSPS) is 11.8. The molecule has 0 aliphatic carbocycles. The van der Waals surface area contributed by atoms with E-state index in [2.05, 4.69) is 14.8 Å². The molecule has 0 fully saturated rings. The Balaban J connectivity index is 2.54. The lowest BCUT2D eigenvalue weighted by Gasteiger charge is -2.06. The van der Waals surface area contributed by atoms with Crippen LogP contribution in [-0.4, -0.2) is 34.0 Å². The second kappa shape index (κ2) is 8.62. The average Bonchev–Trinajstić information content (AvgIpc) is 2.85. The Kier molecular flexibility index (Phi) is 6.72. The molecule has 0 saturated carbocycles. The highest BCUT2D eigenvalue weighted by Gasteiger charge is 2.24. The van der Waals surface area contributed by atoms with Crippen LogP contribution in [0, 0.1) is 5.82 Å². The highest BCUT2D eigenvalue weighted by atomic mass is 35.5. The molecule has 2 rings (SSSR count). The van der Waals surface area contributed by atoms with E-state index >= 15 is 0 Å². The van der Waals surface area contributed by atoms with Gasteiger partial charge in [-0.1, -0.05) is 23.2 Å². The monoisotopic (exact) mass is 423 g/mol. The van der Waals surface area contributed by atoms with Crippen molar-refractivity contribution in [2.24, 2.45) is 7.05 Å². The number of hydrogen-bond acceptors (Lipinski definition) is 5. The summed E-state index contributed by atoms with van der Waals surface area (Å²) in [5.41, 5.74) is -0.325. The molecule has 2 aromatic rings. The largest absolute Gasteiger partial charge is 0.463 e. The van der Waals surface area contributed by atoms with Gasteiger partial charge in [-0.2, -0.15) is 13.9 Å². The molecule has 2 aromatic heterocycles. The Morgan fingerprint density at radius 1 is 1.37 bits per heavy atom. The van der Waals surface area contributed by atoms with Crippen LogP contribution in [0.4, 0.5) is 13.2 Å². The van der Waals surface area contributed by atoms with Crippen molar-refractivity contribution in [3.05, 3.63) is 33.2 Å². The predicted octanol–water partition coefficient (Wildman–Crippen LogP) is 4.50. The number of pyridine rings is 1. The van der Waals surface area contributed by atoms with Gasteiger partial charge in [0.2, 0.25) is 5.88 Å². The Morgan fingerprint density at radius 3 is 2.63 bits per heavy atom. The molecule has 0 amide bonds. The van der Waals surface area contributed by atoms with Crippen molar-refractivity contribution in [3.63, 3.8) is 0 Å². The molecule has 2 heterocycles. The fraction of sp³-hybridized carbons (Fsp3) is 0.312. The van der Waals surface area contributed by atoms with Gasteiger partial charge in [-0.05, 0) is 26.0 Å². The Labute approximate surface area is 162 Å². The summed E-state index contributed by atoms with van der Waals surface area (Å²) < 4.78 is 49.4. The Hall–Kier alpha value is -2.26. The number of aromatic nitrogens is 3. The minimum atomic E-state index is -3.14. The van der Waals surface area contributed by atoms with Crippen LogP contribution in [0.5, 0.6) is 5.88 Å². The Bertz CT molecular complexity index is 901. The number of esters is 1. The van der Waals surface area contributed by atoms with E-state index in [1.54, 1.807) is 6.92 Å². The van der Waals surface area contributed by atoms with Crippen LogP contribution in [0.2, 0.25) is 10.0 Å². The first-order valence-electron chi connectivity index (χ1n) is 7.54. The molecule has 0 bridgehead atoms. The van der Waals surface area contributed by atoms with E-state index in [1.807, 2.05) is 0 Å². The van der Waals surface area contributed by atoms with Crippen molar-refractivity contribution >= 4 is 35.2 Å². The van der Waals surface area contributed by atoms with Gasteiger partial charge in [-0.3, -0.25) is 0 Å². The lowest BCUT2D eigenvalue weighted by Crippen LogP contribution is -2.06. The van der Waals surface area contributed by atoms with Crippen molar-refractivity contribution in [2.75, 3.05) is 6.61 Å². The van der Waals surface area contributed by atoms with Gasteiger partial charge in [-0.25, -0.2) is 18.9 Å². The SMILES string of the molecule is CCOC(=O)C(C)=Cc1nc(-c2nn(C)c(OC(F)F)c2Cl)c(F)cc1Cl. The third-order valence-corrected chi connectivity index (χ3v) is 3.92. The van der Waals surface area contributed by atoms with Crippen LogP contribution in [-0.2, 0) is 16.6 Å². The number of carbonyl (C=O) groups excluding carboxylic acids is 1. The van der Waals surface area contributed by atoms with Crippen molar-refractivity contribution in [1.82, 2.24) is 14.8 Å². The zero-order valence-corrected chi connectivity index (χ0v) is 15.9. The molecule has 0 atom stereocenters. The number of ether oxygens (including phenoxy) is 2. The molecule has 146 valence electrons. The van der Waals surface area contributed by atoms with Crippen molar-refractivity contribution in [1.29, 1.82) is 0 Å². The van der Waals surface area contributed by atoms with E-state index < -0.39 is 24.3 Å². The van der Waals surface area contributed by atoms with Crippen LogP contribution in [0.15, 0.2) is 11.6 Å². The highest BCUT2D eigenvalue weighted by molar-refractivity contribution is 6.34. The third-order valence-electron chi connectivity index (χ3n) is 3.27. The number of hydrogen-bond donors (Lipinski definition) is 0. The molecule has 0 aliphatic rings. The molecule has 0 spiro atoms. The smallest absolute Gasteiger partial charge is 0.388 e. The van der Waals surface area contributed by atoms with E-state index in [9.17, 15) is 18.0 Å². The topological polar surface area (TPSA) is 66.2 Å². The summed E-state index contributed by atoms with van der Waals surface area (Å²) >= 11 is 12.0. The predicted molar refractivity (Wildman–Crippen MR) is 93.3 cm³/mol. The van der Waals surface area contributed by atoms with Crippen molar-refractivity contribution in [2.45, 2.75) is 20.5 Å². The summed E-state index contributed by atoms with van der Waals surface area (Å²) in [5, 5.41) is 3.46. The van der Waals surface area contributed by atoms with Gasteiger partial charge in [0.1, 0.15) is 16.4 Å². The molecule has 6 nitrogen and oxygen atoms in total. The van der Waals surface area contributed by atoms with Crippen LogP contribution >= 0.6 is 23.2 Å². The maximum atomic E-state index is 14.4. The zero-order chi connectivity index (χ0) is 20.3. The number of rotatable bonds is 6. The molecule has 0 N–H and O–H groups in total. The van der Waals surface area contributed by atoms with Crippen LogP contribution < -0.4 is 4.74 Å². The second-order valence-corrected chi connectivity index (χ2v) is 5.99. The maximum absolute atomic E-state index is 14.4. The quantitative estimate of drug-likeness (QED) is 0.505. The molecular formula is C16H14Cl2F3N3O3. The second-order valence-electron chi connectivity index (χ2n) is 5.20. The molecule has 0 aromatic carbocycles. The minimum absolute atomic E-state index is 0.0525. The molecule has 0 unspecified atom stereocenters. The summed E-state index contributed by atoms with van der Waals surface area (Å²) in [4.78, 5) is 15.8. The lowest BCUT2D eigenvalue weighted by molar-refractivity contribution is -0.138. The molecule has 0 radical (unpaired) electrons. The fourth-order valence-corrected chi connectivity index (χ4v) is 2.59. The van der Waals surface area contributed by atoms with Crippen molar-refractivity contribution < 1.29 is 27.4 Å². The van der Waals surface area contributed by atoms with E-state index in [-0.39, 0.29) is 39.3 Å². The van der Waals surface area contributed by atoms with Crippen LogP contribution in [0.1, 0.15) is 19.5 Å². The summed E-state index contributed by atoms with van der Waals surface area (Å²) in [6.07, 6.45) is 1.30. The van der Waals surface area contributed by atoms with E-state index in [0.29, 0.717) is 0 Å². The van der Waals surface area contributed by atoms with Crippen LogP contribution in [0.25, 0.3) is 17.5 Å². The van der Waals surface area contributed by atoms with E-state index in [4.69, 9.17) is 27.9 Å². The number of nitrogens with zero attached hydrogens (tertiary/aromatic N) is 3. The number of aryl methyl sites for hydroxylation is 1. The molecule has 0 saturated heterocycles. The molecule has 11 heteroatoms. The van der Waals surface area contributed by atoms with Gasteiger partial charge in [0.25, 0.3) is 0 Å². The van der Waals surface area contributed by atoms with Crippen molar-refractivity contribution in [3.8, 4) is 17.3 Å². The van der Waals surface area contributed by atoms with E-state index in [0.717, 1.165) is 10.7 Å². The summed E-state index contributed by atoms with van der Waals surface area (Å²) in [6.45, 7) is 0.158. The molecule has 27 heavy (non-hydrogen) atoms. The standard InChI is InChI=1S/C16H14Cl2F3N3O3/c1-4-26-15(25)7(2)5-10-8(17)6-9(19)12(22-10)13-11(18)14(24(3)23-13)27-16(20)21/h5-6,16H,4H2,1-3H3.